The zero-order valence-electron chi connectivity index (χ0n) is 17.7. The Morgan fingerprint density at radius 3 is 2.70 bits per heavy atom. The van der Waals surface area contributed by atoms with E-state index in [1.165, 1.54) is 13.1 Å². The van der Waals surface area contributed by atoms with Crippen LogP contribution in [0.1, 0.15) is 33.6 Å². The highest BCUT2D eigenvalue weighted by Gasteiger charge is 2.20. The topological polar surface area (TPSA) is 61.4 Å². The van der Waals surface area contributed by atoms with E-state index >= 15 is 0 Å². The maximum absolute atomic E-state index is 5.76. The molecule has 158 valence electrons. The summed E-state index contributed by atoms with van der Waals surface area (Å²) in [6, 6.07) is 0.483. The smallest absolute Gasteiger partial charge is 0.191 e. The van der Waals surface area contributed by atoms with Crippen molar-refractivity contribution in [2.24, 2.45) is 10.9 Å². The Kier molecular flexibility index (Phi) is 11.0. The van der Waals surface area contributed by atoms with Gasteiger partial charge in [0, 0.05) is 64.4 Å². The zero-order valence-corrected chi connectivity index (χ0v) is 17.7. The Balaban J connectivity index is 1.59. The standard InChI is InChI=1S/C20H41N5O2/c1-4-21-20(22-8-6-13-26-16-19-7-14-27-17-19)23-15-18(3)25-11-9-24(5-2)10-12-25/h18-19H,4-17H2,1-3H3,(H2,21,22,23). The monoisotopic (exact) mass is 383 g/mol. The van der Waals surface area contributed by atoms with E-state index in [1.54, 1.807) is 0 Å². The van der Waals surface area contributed by atoms with E-state index in [1.807, 2.05) is 0 Å². The molecule has 7 nitrogen and oxygen atoms in total. The zero-order chi connectivity index (χ0) is 19.3. The van der Waals surface area contributed by atoms with Gasteiger partial charge in [-0.2, -0.15) is 0 Å². The molecule has 2 fully saturated rings. The molecular formula is C20H41N5O2. The van der Waals surface area contributed by atoms with Crippen molar-refractivity contribution in [3.63, 3.8) is 0 Å². The van der Waals surface area contributed by atoms with Gasteiger partial charge in [-0.3, -0.25) is 9.89 Å². The number of hydrogen-bond donors (Lipinski definition) is 2. The van der Waals surface area contributed by atoms with Crippen molar-refractivity contribution in [1.29, 1.82) is 0 Å². The van der Waals surface area contributed by atoms with Crippen molar-refractivity contribution in [3.05, 3.63) is 0 Å². The number of nitrogens with one attached hydrogen (secondary N) is 2. The summed E-state index contributed by atoms with van der Waals surface area (Å²) < 4.78 is 11.1. The molecule has 0 spiro atoms. The largest absolute Gasteiger partial charge is 0.381 e. The van der Waals surface area contributed by atoms with Crippen molar-refractivity contribution in [3.8, 4) is 0 Å². The van der Waals surface area contributed by atoms with Gasteiger partial charge < -0.3 is 25.0 Å². The van der Waals surface area contributed by atoms with Gasteiger partial charge in [-0.05, 0) is 33.2 Å². The molecule has 2 N–H and O–H groups in total. The Hall–Kier alpha value is -0.890. The SMILES string of the molecule is CCNC(=NCC(C)N1CCN(CC)CC1)NCCCOCC1CCOC1. The fraction of sp³-hybridized carbons (Fsp3) is 0.950. The first-order chi connectivity index (χ1) is 13.2. The minimum Gasteiger partial charge on any atom is -0.381 e. The second-order valence-electron chi connectivity index (χ2n) is 7.62. The summed E-state index contributed by atoms with van der Waals surface area (Å²) in [7, 11) is 0. The van der Waals surface area contributed by atoms with Crippen LogP contribution in [0.15, 0.2) is 4.99 Å². The Bertz CT molecular complexity index is 407. The van der Waals surface area contributed by atoms with Gasteiger partial charge >= 0.3 is 0 Å². The molecule has 0 bridgehead atoms. The lowest BCUT2D eigenvalue weighted by atomic mass is 10.1. The van der Waals surface area contributed by atoms with E-state index in [9.17, 15) is 0 Å². The molecule has 0 aromatic heterocycles. The van der Waals surface area contributed by atoms with Gasteiger partial charge in [-0.25, -0.2) is 0 Å². The number of ether oxygens (including phenoxy) is 2. The first kappa shape index (κ1) is 22.4. The lowest BCUT2D eigenvalue weighted by Gasteiger charge is -2.37. The molecule has 7 heteroatoms. The fourth-order valence-corrected chi connectivity index (χ4v) is 3.55. The van der Waals surface area contributed by atoms with Crippen molar-refractivity contribution in [2.75, 3.05) is 78.8 Å². The van der Waals surface area contributed by atoms with Gasteiger partial charge in [0.05, 0.1) is 19.8 Å². The summed E-state index contributed by atoms with van der Waals surface area (Å²) in [6.45, 7) is 18.4. The maximum atomic E-state index is 5.76. The molecule has 2 aliphatic rings. The van der Waals surface area contributed by atoms with E-state index in [4.69, 9.17) is 14.5 Å². The normalized spacial score (nSPS) is 23.5. The van der Waals surface area contributed by atoms with Gasteiger partial charge in [0.1, 0.15) is 0 Å². The summed E-state index contributed by atoms with van der Waals surface area (Å²) in [5.41, 5.74) is 0. The second-order valence-corrected chi connectivity index (χ2v) is 7.62. The van der Waals surface area contributed by atoms with Crippen LogP contribution in [0.4, 0.5) is 0 Å². The molecular weight excluding hydrogens is 342 g/mol. The van der Waals surface area contributed by atoms with Crippen molar-refractivity contribution in [1.82, 2.24) is 20.4 Å². The van der Waals surface area contributed by atoms with Crippen molar-refractivity contribution < 1.29 is 9.47 Å². The summed E-state index contributed by atoms with van der Waals surface area (Å²) in [5, 5.41) is 6.78. The number of nitrogens with zero attached hydrogens (tertiary/aromatic N) is 3. The molecule has 2 heterocycles. The predicted octanol–water partition coefficient (Wildman–Crippen LogP) is 1.01. The van der Waals surface area contributed by atoms with Crippen molar-refractivity contribution in [2.45, 2.75) is 39.7 Å². The molecule has 2 unspecified atom stereocenters. The average Bonchev–Trinajstić information content (AvgIpc) is 3.22. The minimum atomic E-state index is 0.483. The molecule has 2 saturated heterocycles. The van der Waals surface area contributed by atoms with Gasteiger partial charge in [0.15, 0.2) is 5.96 Å². The highest BCUT2D eigenvalue weighted by Crippen LogP contribution is 2.12. The van der Waals surface area contributed by atoms with Gasteiger partial charge in [0.25, 0.3) is 0 Å². The summed E-state index contributed by atoms with van der Waals surface area (Å²) in [4.78, 5) is 9.86. The Labute approximate surface area is 165 Å². The molecule has 27 heavy (non-hydrogen) atoms. The van der Waals surface area contributed by atoms with E-state index < -0.39 is 0 Å². The lowest BCUT2D eigenvalue weighted by molar-refractivity contribution is 0.0888. The molecule has 0 aliphatic carbocycles. The number of hydrogen-bond acceptors (Lipinski definition) is 5. The van der Waals surface area contributed by atoms with Crippen molar-refractivity contribution >= 4 is 5.96 Å². The minimum absolute atomic E-state index is 0.483. The van der Waals surface area contributed by atoms with E-state index in [-0.39, 0.29) is 0 Å². The van der Waals surface area contributed by atoms with Crippen LogP contribution in [0.5, 0.6) is 0 Å². The molecule has 2 atom stereocenters. The third-order valence-electron chi connectivity index (χ3n) is 5.47. The summed E-state index contributed by atoms with van der Waals surface area (Å²) >= 11 is 0. The van der Waals surface area contributed by atoms with Crippen LogP contribution in [0.3, 0.4) is 0 Å². The number of likely N-dealkylation sites (N-methyl/N-ethyl adjacent to an activating group) is 1. The van der Waals surface area contributed by atoms with Crippen LogP contribution in [0.25, 0.3) is 0 Å². The molecule has 0 amide bonds. The molecule has 2 rings (SSSR count). The third-order valence-corrected chi connectivity index (χ3v) is 5.47. The molecule has 0 aromatic carbocycles. The van der Waals surface area contributed by atoms with E-state index in [0.717, 1.165) is 84.5 Å². The number of aliphatic imine (C=N–C) groups is 1. The van der Waals surface area contributed by atoms with Crippen LogP contribution in [0, 0.1) is 5.92 Å². The van der Waals surface area contributed by atoms with Crippen LogP contribution >= 0.6 is 0 Å². The van der Waals surface area contributed by atoms with Crippen LogP contribution < -0.4 is 10.6 Å². The van der Waals surface area contributed by atoms with Crippen LogP contribution in [-0.2, 0) is 9.47 Å². The average molecular weight is 384 g/mol. The fourth-order valence-electron chi connectivity index (χ4n) is 3.55. The van der Waals surface area contributed by atoms with Gasteiger partial charge in [-0.15, -0.1) is 0 Å². The van der Waals surface area contributed by atoms with Crippen LogP contribution in [-0.4, -0.2) is 101 Å². The molecule has 0 aromatic rings. The Morgan fingerprint density at radius 2 is 2.04 bits per heavy atom. The highest BCUT2D eigenvalue weighted by atomic mass is 16.5. The van der Waals surface area contributed by atoms with Crippen LogP contribution in [0.2, 0.25) is 0 Å². The van der Waals surface area contributed by atoms with Gasteiger partial charge in [0.2, 0.25) is 0 Å². The second kappa shape index (κ2) is 13.3. The Morgan fingerprint density at radius 1 is 1.22 bits per heavy atom. The number of rotatable bonds is 11. The number of piperazine rings is 1. The molecule has 0 radical (unpaired) electrons. The van der Waals surface area contributed by atoms with E-state index in [0.29, 0.717) is 12.0 Å². The molecule has 2 aliphatic heterocycles. The quantitative estimate of drug-likeness (QED) is 0.315. The summed E-state index contributed by atoms with van der Waals surface area (Å²) in [6.07, 6.45) is 2.13. The third kappa shape index (κ3) is 8.77. The lowest BCUT2D eigenvalue weighted by Crippen LogP contribution is -2.50. The predicted molar refractivity (Wildman–Crippen MR) is 111 cm³/mol. The highest BCUT2D eigenvalue weighted by molar-refractivity contribution is 5.79. The number of guanidine groups is 1. The first-order valence-electron chi connectivity index (χ1n) is 10.9. The first-order valence-corrected chi connectivity index (χ1v) is 10.9. The summed E-state index contributed by atoms with van der Waals surface area (Å²) in [5.74, 6) is 1.51. The molecule has 0 saturated carbocycles. The van der Waals surface area contributed by atoms with E-state index in [2.05, 4.69) is 41.2 Å². The van der Waals surface area contributed by atoms with Gasteiger partial charge in [-0.1, -0.05) is 6.92 Å². The maximum Gasteiger partial charge on any atom is 0.191 e.